The Hall–Kier alpha value is -3.00. The third-order valence-corrected chi connectivity index (χ3v) is 5.30. The van der Waals surface area contributed by atoms with Gasteiger partial charge in [-0.15, -0.1) is 10.2 Å². The highest BCUT2D eigenvalue weighted by atomic mass is 32.2. The van der Waals surface area contributed by atoms with E-state index in [0.717, 1.165) is 11.3 Å². The molecule has 1 N–H and O–H groups in total. The number of rotatable bonds is 8. The molecular weight excluding hydrogens is 388 g/mol. The molecule has 1 amide bonds. The summed E-state index contributed by atoms with van der Waals surface area (Å²) < 4.78 is 12.9. The summed E-state index contributed by atoms with van der Waals surface area (Å²) in [6, 6.07) is 13.5. The van der Waals surface area contributed by atoms with E-state index >= 15 is 0 Å². The van der Waals surface area contributed by atoms with Crippen LogP contribution in [0.4, 0.5) is 5.69 Å². The number of ether oxygens (including phenoxy) is 2. The monoisotopic (exact) mass is 412 g/mol. The molecule has 152 valence electrons. The van der Waals surface area contributed by atoms with E-state index in [0.29, 0.717) is 29.0 Å². The Kier molecular flexibility index (Phi) is 6.77. The molecule has 0 saturated carbocycles. The number of aryl methyl sites for hydroxylation is 2. The first-order valence-corrected chi connectivity index (χ1v) is 10.1. The predicted molar refractivity (Wildman–Crippen MR) is 114 cm³/mol. The highest BCUT2D eigenvalue weighted by Crippen LogP contribution is 2.26. The lowest BCUT2D eigenvalue weighted by atomic mass is 10.2. The quantitative estimate of drug-likeness (QED) is 0.568. The molecule has 0 fully saturated rings. The van der Waals surface area contributed by atoms with Crippen LogP contribution < -0.4 is 14.8 Å². The molecule has 0 aliphatic carbocycles. The Morgan fingerprint density at radius 2 is 1.83 bits per heavy atom. The number of hydrogen-bond donors (Lipinski definition) is 1. The largest absolute Gasteiger partial charge is 0.495 e. The molecule has 0 unspecified atom stereocenters. The van der Waals surface area contributed by atoms with Gasteiger partial charge in [-0.05, 0) is 43.7 Å². The minimum atomic E-state index is -0.139. The molecule has 0 aliphatic heterocycles. The fourth-order valence-electron chi connectivity index (χ4n) is 2.61. The SMILES string of the molecule is COc1ccc(C)cc1NC(=O)CSc1nnc(COc2ccc(C)cc2)n1C. The van der Waals surface area contributed by atoms with Gasteiger partial charge >= 0.3 is 0 Å². The van der Waals surface area contributed by atoms with Crippen molar-refractivity contribution in [2.45, 2.75) is 25.6 Å². The van der Waals surface area contributed by atoms with E-state index in [-0.39, 0.29) is 11.7 Å². The number of amides is 1. The third kappa shape index (κ3) is 5.51. The molecule has 2 aromatic carbocycles. The van der Waals surface area contributed by atoms with Crippen molar-refractivity contribution < 1.29 is 14.3 Å². The maximum atomic E-state index is 12.4. The van der Waals surface area contributed by atoms with E-state index < -0.39 is 0 Å². The van der Waals surface area contributed by atoms with Gasteiger partial charge in [0.05, 0.1) is 18.6 Å². The van der Waals surface area contributed by atoms with Crippen molar-refractivity contribution in [3.8, 4) is 11.5 Å². The number of carbonyl (C=O) groups excluding carboxylic acids is 1. The summed E-state index contributed by atoms with van der Waals surface area (Å²) in [5, 5.41) is 11.9. The van der Waals surface area contributed by atoms with Crippen LogP contribution in [-0.2, 0) is 18.4 Å². The summed E-state index contributed by atoms with van der Waals surface area (Å²) in [6.45, 7) is 4.30. The summed E-state index contributed by atoms with van der Waals surface area (Å²) in [6.07, 6.45) is 0. The number of benzene rings is 2. The predicted octanol–water partition coefficient (Wildman–Crippen LogP) is 3.75. The fraction of sp³-hybridized carbons (Fsp3) is 0.286. The van der Waals surface area contributed by atoms with E-state index in [1.807, 2.05) is 67.9 Å². The fourth-order valence-corrected chi connectivity index (χ4v) is 3.34. The summed E-state index contributed by atoms with van der Waals surface area (Å²) in [4.78, 5) is 12.4. The average Bonchev–Trinajstić information content (AvgIpc) is 3.06. The molecule has 0 spiro atoms. The third-order valence-electron chi connectivity index (χ3n) is 4.28. The molecule has 0 saturated heterocycles. The Labute approximate surface area is 174 Å². The van der Waals surface area contributed by atoms with Crippen LogP contribution >= 0.6 is 11.8 Å². The first-order chi connectivity index (χ1) is 14.0. The number of carbonyl (C=O) groups is 1. The number of hydrogen-bond acceptors (Lipinski definition) is 6. The topological polar surface area (TPSA) is 78.3 Å². The summed E-state index contributed by atoms with van der Waals surface area (Å²) in [5.41, 5.74) is 2.87. The minimum Gasteiger partial charge on any atom is -0.495 e. The van der Waals surface area contributed by atoms with E-state index in [4.69, 9.17) is 9.47 Å². The first-order valence-electron chi connectivity index (χ1n) is 9.11. The highest BCUT2D eigenvalue weighted by molar-refractivity contribution is 7.99. The standard InChI is InChI=1S/C21H24N4O3S/c1-14-5-8-16(9-6-14)28-12-19-23-24-21(25(19)3)29-13-20(26)22-17-11-15(2)7-10-18(17)27-4/h5-11H,12-13H2,1-4H3,(H,22,26). The molecular formula is C21H24N4O3S. The summed E-state index contributed by atoms with van der Waals surface area (Å²) >= 11 is 1.32. The maximum Gasteiger partial charge on any atom is 0.234 e. The van der Waals surface area contributed by atoms with E-state index in [2.05, 4.69) is 15.5 Å². The van der Waals surface area contributed by atoms with Crippen LogP contribution in [0.25, 0.3) is 0 Å². The Morgan fingerprint density at radius 3 is 2.55 bits per heavy atom. The molecule has 3 rings (SSSR count). The smallest absolute Gasteiger partial charge is 0.234 e. The zero-order valence-corrected chi connectivity index (χ0v) is 17.7. The van der Waals surface area contributed by atoms with Crippen molar-refractivity contribution in [2.24, 2.45) is 7.05 Å². The Bertz CT molecular complexity index is 986. The van der Waals surface area contributed by atoms with Gasteiger partial charge in [0.2, 0.25) is 5.91 Å². The molecule has 1 aromatic heterocycles. The molecule has 0 aliphatic rings. The summed E-state index contributed by atoms with van der Waals surface area (Å²) in [5.74, 6) is 2.16. The van der Waals surface area contributed by atoms with Crippen LogP contribution in [0.3, 0.4) is 0 Å². The second-order valence-electron chi connectivity index (χ2n) is 6.60. The van der Waals surface area contributed by atoms with Gasteiger partial charge in [0.15, 0.2) is 11.0 Å². The van der Waals surface area contributed by atoms with Gasteiger partial charge in [0, 0.05) is 7.05 Å². The molecule has 3 aromatic rings. The lowest BCUT2D eigenvalue weighted by Crippen LogP contribution is -2.15. The number of nitrogens with one attached hydrogen (secondary N) is 1. The van der Waals surface area contributed by atoms with Crippen molar-refractivity contribution in [2.75, 3.05) is 18.2 Å². The Morgan fingerprint density at radius 1 is 1.10 bits per heavy atom. The Balaban J connectivity index is 1.55. The number of anilines is 1. The number of aromatic nitrogens is 3. The number of methoxy groups -OCH3 is 1. The zero-order chi connectivity index (χ0) is 20.8. The molecule has 0 radical (unpaired) electrons. The second-order valence-corrected chi connectivity index (χ2v) is 7.54. The maximum absolute atomic E-state index is 12.4. The van der Waals surface area contributed by atoms with Crippen LogP contribution in [0.5, 0.6) is 11.5 Å². The van der Waals surface area contributed by atoms with Crippen LogP contribution in [0.15, 0.2) is 47.6 Å². The minimum absolute atomic E-state index is 0.139. The van der Waals surface area contributed by atoms with E-state index in [1.165, 1.54) is 17.3 Å². The lowest BCUT2D eigenvalue weighted by molar-refractivity contribution is -0.113. The molecule has 29 heavy (non-hydrogen) atoms. The van der Waals surface area contributed by atoms with Crippen molar-refractivity contribution in [3.63, 3.8) is 0 Å². The first kappa shape index (κ1) is 20.7. The average molecular weight is 413 g/mol. The van der Waals surface area contributed by atoms with Gasteiger partial charge in [-0.25, -0.2) is 0 Å². The van der Waals surface area contributed by atoms with Crippen molar-refractivity contribution in [1.29, 1.82) is 0 Å². The van der Waals surface area contributed by atoms with Crippen LogP contribution in [0.1, 0.15) is 17.0 Å². The van der Waals surface area contributed by atoms with Gasteiger partial charge in [0.1, 0.15) is 18.1 Å². The van der Waals surface area contributed by atoms with Crippen molar-refractivity contribution >= 4 is 23.4 Å². The summed E-state index contributed by atoms with van der Waals surface area (Å²) in [7, 11) is 3.44. The van der Waals surface area contributed by atoms with Crippen molar-refractivity contribution in [1.82, 2.24) is 14.8 Å². The van der Waals surface area contributed by atoms with Crippen molar-refractivity contribution in [3.05, 3.63) is 59.4 Å². The molecule has 1 heterocycles. The zero-order valence-electron chi connectivity index (χ0n) is 16.9. The number of thioether (sulfide) groups is 1. The van der Waals surface area contributed by atoms with Crippen LogP contribution in [0, 0.1) is 13.8 Å². The number of nitrogens with zero attached hydrogens (tertiary/aromatic N) is 3. The second kappa shape index (κ2) is 9.47. The van der Waals surface area contributed by atoms with Crippen LogP contribution in [0.2, 0.25) is 0 Å². The van der Waals surface area contributed by atoms with Crippen LogP contribution in [-0.4, -0.2) is 33.5 Å². The normalized spacial score (nSPS) is 10.6. The molecule has 0 bridgehead atoms. The molecule has 0 atom stereocenters. The lowest BCUT2D eigenvalue weighted by Gasteiger charge is -2.11. The highest BCUT2D eigenvalue weighted by Gasteiger charge is 2.13. The van der Waals surface area contributed by atoms with E-state index in [9.17, 15) is 4.79 Å². The molecule has 8 heteroatoms. The molecule has 7 nitrogen and oxygen atoms in total. The van der Waals surface area contributed by atoms with Gasteiger partial charge in [-0.2, -0.15) is 0 Å². The van der Waals surface area contributed by atoms with Gasteiger partial charge < -0.3 is 19.4 Å². The van der Waals surface area contributed by atoms with Gasteiger partial charge in [-0.1, -0.05) is 35.5 Å². The van der Waals surface area contributed by atoms with Gasteiger partial charge in [0.25, 0.3) is 0 Å². The van der Waals surface area contributed by atoms with E-state index in [1.54, 1.807) is 7.11 Å². The van der Waals surface area contributed by atoms with Gasteiger partial charge in [-0.3, -0.25) is 4.79 Å².